The van der Waals surface area contributed by atoms with Gasteiger partial charge in [-0.1, -0.05) is 30.3 Å². The molecule has 3 aromatic rings. The molecule has 0 atom stereocenters. The van der Waals surface area contributed by atoms with E-state index >= 15 is 0 Å². The van der Waals surface area contributed by atoms with Crippen LogP contribution in [-0.4, -0.2) is 28.7 Å². The summed E-state index contributed by atoms with van der Waals surface area (Å²) in [6.45, 7) is 2.51. The lowest BCUT2D eigenvalue weighted by molar-refractivity contribution is -0.274. The number of hydrogen-bond acceptors (Lipinski definition) is 5. The summed E-state index contributed by atoms with van der Waals surface area (Å²) >= 11 is 1.43. The molecule has 0 saturated heterocycles. The number of rotatable bonds is 5. The zero-order chi connectivity index (χ0) is 21.1. The van der Waals surface area contributed by atoms with E-state index in [0.29, 0.717) is 5.13 Å². The van der Waals surface area contributed by atoms with E-state index in [1.807, 2.05) is 18.2 Å². The molecule has 0 fully saturated rings. The molecular weight excluding hydrogens is 415 g/mol. The molecule has 0 saturated carbocycles. The Balaban J connectivity index is 1.38. The molecular formula is C21H18F3N3O2S. The third-order valence-corrected chi connectivity index (χ3v) is 5.63. The number of aromatic nitrogens is 1. The van der Waals surface area contributed by atoms with Gasteiger partial charge < -0.3 is 4.74 Å². The van der Waals surface area contributed by atoms with Crippen LogP contribution in [0.1, 0.15) is 26.5 Å². The highest BCUT2D eigenvalue weighted by Gasteiger charge is 2.31. The van der Waals surface area contributed by atoms with Crippen LogP contribution in [0.25, 0.3) is 0 Å². The van der Waals surface area contributed by atoms with Crippen LogP contribution in [0.15, 0.2) is 54.6 Å². The van der Waals surface area contributed by atoms with E-state index in [-0.39, 0.29) is 11.3 Å². The van der Waals surface area contributed by atoms with Crippen molar-refractivity contribution in [1.82, 2.24) is 9.88 Å². The van der Waals surface area contributed by atoms with Crippen LogP contribution in [0.4, 0.5) is 18.3 Å². The van der Waals surface area contributed by atoms with Gasteiger partial charge in [0.1, 0.15) is 5.75 Å². The van der Waals surface area contributed by atoms with Crippen LogP contribution in [0, 0.1) is 0 Å². The van der Waals surface area contributed by atoms with Crippen LogP contribution in [0.5, 0.6) is 5.75 Å². The first-order chi connectivity index (χ1) is 14.4. The smallest absolute Gasteiger partial charge is 0.406 e. The second-order valence-electron chi connectivity index (χ2n) is 6.86. The SMILES string of the molecule is O=C(Nc1nc2c(s1)CN(Cc1ccccc1)CC2)c1ccc(OC(F)(F)F)cc1. The first kappa shape index (κ1) is 20.4. The maximum atomic E-state index is 12.4. The molecule has 0 spiro atoms. The van der Waals surface area contributed by atoms with E-state index in [2.05, 4.69) is 32.1 Å². The summed E-state index contributed by atoms with van der Waals surface area (Å²) in [5, 5.41) is 3.22. The number of anilines is 1. The molecule has 0 unspecified atom stereocenters. The second-order valence-corrected chi connectivity index (χ2v) is 7.95. The Labute approximate surface area is 175 Å². The second kappa shape index (κ2) is 8.45. The van der Waals surface area contributed by atoms with E-state index in [9.17, 15) is 18.0 Å². The number of halogens is 3. The minimum atomic E-state index is -4.77. The lowest BCUT2D eigenvalue weighted by Crippen LogP contribution is -2.29. The number of hydrogen-bond donors (Lipinski definition) is 1. The van der Waals surface area contributed by atoms with Crippen molar-refractivity contribution in [2.75, 3.05) is 11.9 Å². The van der Waals surface area contributed by atoms with Crippen molar-refractivity contribution >= 4 is 22.4 Å². The van der Waals surface area contributed by atoms with E-state index in [4.69, 9.17) is 0 Å². The van der Waals surface area contributed by atoms with Gasteiger partial charge in [0.15, 0.2) is 5.13 Å². The predicted octanol–water partition coefficient (Wildman–Crippen LogP) is 4.85. The number of amides is 1. The van der Waals surface area contributed by atoms with E-state index < -0.39 is 12.3 Å². The normalized spacial score (nSPS) is 14.2. The number of benzene rings is 2. The highest BCUT2D eigenvalue weighted by molar-refractivity contribution is 7.15. The Bertz CT molecular complexity index is 1020. The molecule has 30 heavy (non-hydrogen) atoms. The fourth-order valence-electron chi connectivity index (χ4n) is 3.26. The minimum Gasteiger partial charge on any atom is -0.406 e. The third kappa shape index (κ3) is 5.17. The third-order valence-electron chi connectivity index (χ3n) is 4.63. The van der Waals surface area contributed by atoms with Crippen molar-refractivity contribution in [3.8, 4) is 5.75 Å². The molecule has 0 bridgehead atoms. The van der Waals surface area contributed by atoms with Crippen molar-refractivity contribution in [3.05, 3.63) is 76.3 Å². The number of alkyl halides is 3. The van der Waals surface area contributed by atoms with Crippen LogP contribution < -0.4 is 10.1 Å². The quantitative estimate of drug-likeness (QED) is 0.625. The summed E-state index contributed by atoms with van der Waals surface area (Å²) in [5.41, 5.74) is 2.45. The Hall–Kier alpha value is -2.91. The van der Waals surface area contributed by atoms with E-state index in [1.165, 1.54) is 29.0 Å². The molecule has 1 aromatic heterocycles. The van der Waals surface area contributed by atoms with Gasteiger partial charge in [-0.3, -0.25) is 15.0 Å². The largest absolute Gasteiger partial charge is 0.573 e. The zero-order valence-corrected chi connectivity index (χ0v) is 16.6. The van der Waals surface area contributed by atoms with Gasteiger partial charge in [0, 0.05) is 36.5 Å². The monoisotopic (exact) mass is 433 g/mol. The summed E-state index contributed by atoms with van der Waals surface area (Å²) in [6.07, 6.45) is -3.96. The summed E-state index contributed by atoms with van der Waals surface area (Å²) in [6, 6.07) is 15.0. The predicted molar refractivity (Wildman–Crippen MR) is 107 cm³/mol. The van der Waals surface area contributed by atoms with Crippen molar-refractivity contribution < 1.29 is 22.7 Å². The lowest BCUT2D eigenvalue weighted by atomic mass is 10.1. The van der Waals surface area contributed by atoms with Gasteiger partial charge in [0.25, 0.3) is 5.91 Å². The topological polar surface area (TPSA) is 54.5 Å². The van der Waals surface area contributed by atoms with E-state index in [0.717, 1.165) is 48.8 Å². The highest BCUT2D eigenvalue weighted by Crippen LogP contribution is 2.29. The molecule has 1 aliphatic heterocycles. The Kier molecular flexibility index (Phi) is 5.74. The summed E-state index contributed by atoms with van der Waals surface area (Å²) in [7, 11) is 0. The van der Waals surface area contributed by atoms with Crippen molar-refractivity contribution in [2.24, 2.45) is 0 Å². The number of fused-ring (bicyclic) bond motifs is 1. The number of nitrogens with one attached hydrogen (secondary N) is 1. The van der Waals surface area contributed by atoms with Crippen molar-refractivity contribution in [2.45, 2.75) is 25.9 Å². The molecule has 0 radical (unpaired) electrons. The fourth-order valence-corrected chi connectivity index (χ4v) is 4.30. The maximum absolute atomic E-state index is 12.4. The molecule has 156 valence electrons. The molecule has 2 heterocycles. The number of nitrogens with zero attached hydrogens (tertiary/aromatic N) is 2. The minimum absolute atomic E-state index is 0.225. The van der Waals surface area contributed by atoms with Crippen molar-refractivity contribution in [3.63, 3.8) is 0 Å². The first-order valence-electron chi connectivity index (χ1n) is 9.28. The Morgan fingerprint density at radius 2 is 1.87 bits per heavy atom. The molecule has 1 amide bonds. The molecule has 9 heteroatoms. The summed E-state index contributed by atoms with van der Waals surface area (Å²) < 4.78 is 40.5. The van der Waals surface area contributed by atoms with Crippen molar-refractivity contribution in [1.29, 1.82) is 0 Å². The van der Waals surface area contributed by atoms with Gasteiger partial charge in [-0.15, -0.1) is 24.5 Å². The van der Waals surface area contributed by atoms with Crippen LogP contribution in [-0.2, 0) is 19.5 Å². The highest BCUT2D eigenvalue weighted by atomic mass is 32.1. The molecule has 5 nitrogen and oxygen atoms in total. The number of thiazole rings is 1. The van der Waals surface area contributed by atoms with Crippen LogP contribution >= 0.6 is 11.3 Å². The lowest BCUT2D eigenvalue weighted by Gasteiger charge is -2.25. The average Bonchev–Trinajstić information content (AvgIpc) is 3.09. The van der Waals surface area contributed by atoms with Gasteiger partial charge in [-0.25, -0.2) is 4.98 Å². The zero-order valence-electron chi connectivity index (χ0n) is 15.8. The van der Waals surface area contributed by atoms with Gasteiger partial charge in [-0.05, 0) is 29.8 Å². The standard InChI is InChI=1S/C21H18F3N3O2S/c22-21(23,24)29-16-8-6-15(7-9-16)19(28)26-20-25-17-10-11-27(13-18(17)30-20)12-14-4-2-1-3-5-14/h1-9H,10-13H2,(H,25,26,28). The van der Waals surface area contributed by atoms with Gasteiger partial charge in [-0.2, -0.15) is 0 Å². The molecule has 2 aromatic carbocycles. The molecule has 1 N–H and O–H groups in total. The Morgan fingerprint density at radius 1 is 1.13 bits per heavy atom. The summed E-state index contributed by atoms with van der Waals surface area (Å²) in [4.78, 5) is 20.4. The summed E-state index contributed by atoms with van der Waals surface area (Å²) in [5.74, 6) is -0.803. The number of carbonyl (C=O) groups is 1. The average molecular weight is 433 g/mol. The molecule has 4 rings (SSSR count). The number of carbonyl (C=O) groups excluding carboxylic acids is 1. The van der Waals surface area contributed by atoms with Crippen LogP contribution in [0.2, 0.25) is 0 Å². The maximum Gasteiger partial charge on any atom is 0.573 e. The van der Waals surface area contributed by atoms with Gasteiger partial charge in [0.2, 0.25) is 0 Å². The molecule has 1 aliphatic rings. The Morgan fingerprint density at radius 3 is 2.57 bits per heavy atom. The number of ether oxygens (including phenoxy) is 1. The van der Waals surface area contributed by atoms with E-state index in [1.54, 1.807) is 0 Å². The van der Waals surface area contributed by atoms with Gasteiger partial charge in [0.05, 0.1) is 5.69 Å². The van der Waals surface area contributed by atoms with Gasteiger partial charge >= 0.3 is 6.36 Å². The molecule has 0 aliphatic carbocycles. The fraction of sp³-hybridized carbons (Fsp3) is 0.238. The van der Waals surface area contributed by atoms with Crippen LogP contribution in [0.3, 0.4) is 0 Å². The first-order valence-corrected chi connectivity index (χ1v) is 10.1.